The zero-order chi connectivity index (χ0) is 46.7. The summed E-state index contributed by atoms with van der Waals surface area (Å²) in [5.74, 6) is -1.97. The lowest BCUT2D eigenvalue weighted by Crippen LogP contribution is -2.62. The van der Waals surface area contributed by atoms with Crippen LogP contribution in [0.25, 0.3) is 0 Å². The third kappa shape index (κ3) is 33.3. The smallest absolute Gasteiger partial charge is 0.306 e. The molecule has 1 aliphatic heterocycles. The highest BCUT2D eigenvalue weighted by Crippen LogP contribution is 2.30. The molecule has 376 valence electrons. The molecule has 1 rings (SSSR count). The summed E-state index contributed by atoms with van der Waals surface area (Å²) in [5.41, 5.74) is 0. The number of unbranched alkanes of at least 4 members (excludes halogenated alkanes) is 32. The van der Waals surface area contributed by atoms with Crippen LogP contribution in [0, 0.1) is 0 Å². The quantitative estimate of drug-likeness (QED) is 0.0357. The summed E-state index contributed by atoms with van der Waals surface area (Å²) >= 11 is 0. The second kappa shape index (κ2) is 43.4. The molecule has 1 saturated heterocycles. The number of aliphatic hydroxyl groups is 1. The second-order valence-electron chi connectivity index (χ2n) is 18.9. The van der Waals surface area contributed by atoms with Gasteiger partial charge in [-0.05, 0) is 25.7 Å². The molecule has 0 spiro atoms. The van der Waals surface area contributed by atoms with Crippen LogP contribution in [0.5, 0.6) is 0 Å². The fourth-order valence-corrected chi connectivity index (χ4v) is 8.63. The van der Waals surface area contributed by atoms with Crippen LogP contribution in [0.15, 0.2) is 0 Å². The lowest BCUT2D eigenvalue weighted by Gasteiger charge is -2.43. The maximum Gasteiger partial charge on any atom is 0.306 e. The molecule has 64 heavy (non-hydrogen) atoms. The van der Waals surface area contributed by atoms with Gasteiger partial charge in [0, 0.05) is 25.7 Å². The van der Waals surface area contributed by atoms with Crippen LogP contribution in [0.2, 0.25) is 0 Å². The van der Waals surface area contributed by atoms with E-state index in [1.807, 2.05) is 0 Å². The average Bonchev–Trinajstić information content (AvgIpc) is 3.28. The molecule has 0 aromatic heterocycles. The molecule has 0 aliphatic carbocycles. The first-order valence-corrected chi connectivity index (χ1v) is 27.3. The first-order chi connectivity index (χ1) is 31.3. The number of esters is 4. The summed E-state index contributed by atoms with van der Waals surface area (Å²) in [6, 6.07) is 0. The first kappa shape index (κ1) is 59.8. The molecule has 1 unspecified atom stereocenters. The van der Waals surface area contributed by atoms with Crippen molar-refractivity contribution in [2.75, 3.05) is 6.61 Å². The molecule has 1 heterocycles. The van der Waals surface area contributed by atoms with Crippen molar-refractivity contribution < 1.29 is 48.0 Å². The maximum absolute atomic E-state index is 13.5. The number of ether oxygens (including phenoxy) is 5. The molecule has 5 atom stereocenters. The van der Waals surface area contributed by atoms with Gasteiger partial charge in [-0.3, -0.25) is 19.2 Å². The number of aliphatic hydroxyl groups excluding tert-OH is 1. The van der Waals surface area contributed by atoms with Crippen molar-refractivity contribution in [3.63, 3.8) is 0 Å². The Morgan fingerprint density at radius 1 is 0.344 bits per heavy atom. The predicted molar refractivity (Wildman–Crippen MR) is 259 cm³/mol. The number of carbonyl (C=O) groups is 4. The van der Waals surface area contributed by atoms with Gasteiger partial charge in [0.2, 0.25) is 0 Å². The second-order valence-corrected chi connectivity index (χ2v) is 18.9. The Bertz CT molecular complexity index is 1110. The number of hydrogen-bond acceptors (Lipinski definition) is 10. The van der Waals surface area contributed by atoms with Gasteiger partial charge in [-0.25, -0.2) is 0 Å². The van der Waals surface area contributed by atoms with Gasteiger partial charge >= 0.3 is 23.9 Å². The van der Waals surface area contributed by atoms with Crippen LogP contribution < -0.4 is 0 Å². The van der Waals surface area contributed by atoms with E-state index in [1.54, 1.807) is 0 Å². The minimum Gasteiger partial charge on any atom is -0.463 e. The Labute approximate surface area is 392 Å². The van der Waals surface area contributed by atoms with Gasteiger partial charge in [0.15, 0.2) is 24.6 Å². The summed E-state index contributed by atoms with van der Waals surface area (Å²) in [6.45, 7) is 8.55. The van der Waals surface area contributed by atoms with Gasteiger partial charge in [-0.2, -0.15) is 0 Å². The Hall–Kier alpha value is -2.20. The minimum atomic E-state index is -1.69. The van der Waals surface area contributed by atoms with E-state index in [2.05, 4.69) is 27.7 Å². The Morgan fingerprint density at radius 3 is 0.906 bits per heavy atom. The van der Waals surface area contributed by atoms with Crippen LogP contribution in [0.1, 0.15) is 285 Å². The van der Waals surface area contributed by atoms with Gasteiger partial charge in [0.25, 0.3) is 0 Å². The van der Waals surface area contributed by atoms with E-state index < -0.39 is 54.6 Å². The van der Waals surface area contributed by atoms with Crippen molar-refractivity contribution in [1.29, 1.82) is 0 Å². The number of hydrogen-bond donors (Lipinski definition) is 1. The molecule has 0 radical (unpaired) electrons. The predicted octanol–water partition coefficient (Wildman–Crippen LogP) is 14.7. The van der Waals surface area contributed by atoms with Crippen LogP contribution in [0.4, 0.5) is 0 Å². The van der Waals surface area contributed by atoms with Crippen molar-refractivity contribution in [3.05, 3.63) is 0 Å². The van der Waals surface area contributed by atoms with E-state index in [4.69, 9.17) is 23.7 Å². The molecule has 1 fully saturated rings. The highest BCUT2D eigenvalue weighted by Gasteiger charge is 2.52. The highest BCUT2D eigenvalue weighted by molar-refractivity contribution is 5.72. The van der Waals surface area contributed by atoms with Gasteiger partial charge in [0.05, 0.1) is 0 Å². The Morgan fingerprint density at radius 2 is 0.594 bits per heavy atom. The largest absolute Gasteiger partial charge is 0.463 e. The Kier molecular flexibility index (Phi) is 40.5. The van der Waals surface area contributed by atoms with Crippen molar-refractivity contribution in [2.24, 2.45) is 0 Å². The lowest BCUT2D eigenvalue weighted by molar-refractivity contribution is -0.297. The molecule has 0 amide bonds. The van der Waals surface area contributed by atoms with Gasteiger partial charge in [0.1, 0.15) is 12.7 Å². The zero-order valence-corrected chi connectivity index (χ0v) is 42.0. The summed E-state index contributed by atoms with van der Waals surface area (Å²) in [6.07, 6.45) is 33.5. The monoisotopic (exact) mass is 909 g/mol. The standard InChI is InChI=1S/C54H100O10/c1-5-9-13-17-21-25-29-33-37-41-47(55)60-45-46-51(62-48(56)42-38-34-30-26-22-18-14-10-6-2)52(63-49(57)43-39-35-31-27-23-19-15-11-7-3)53(54(59)61-46)64-50(58)44-40-36-32-28-24-20-16-12-8-4/h46,51-54,59H,5-45H2,1-4H3/t46-,51-,52+,53-,54?/m1/s1. The summed E-state index contributed by atoms with van der Waals surface area (Å²) in [4.78, 5) is 53.3. The normalized spacial score (nSPS) is 18.5. The minimum absolute atomic E-state index is 0.139. The van der Waals surface area contributed by atoms with Gasteiger partial charge < -0.3 is 28.8 Å². The van der Waals surface area contributed by atoms with E-state index in [1.165, 1.54) is 128 Å². The topological polar surface area (TPSA) is 135 Å². The van der Waals surface area contributed by atoms with Crippen molar-refractivity contribution in [2.45, 2.75) is 315 Å². The molecular weight excluding hydrogens is 809 g/mol. The fourth-order valence-electron chi connectivity index (χ4n) is 8.63. The van der Waals surface area contributed by atoms with E-state index in [-0.39, 0.29) is 32.3 Å². The fraction of sp³-hybridized carbons (Fsp3) is 0.926. The molecule has 10 nitrogen and oxygen atoms in total. The van der Waals surface area contributed by atoms with Crippen molar-refractivity contribution in [3.8, 4) is 0 Å². The lowest BCUT2D eigenvalue weighted by atomic mass is 9.97. The molecule has 10 heteroatoms. The summed E-state index contributed by atoms with van der Waals surface area (Å²) < 4.78 is 29.6. The SMILES string of the molecule is CCCCCCCCCCCC(=O)OC[C@H]1OC(O)[C@H](OC(=O)CCCCCCCCCCC)[C@@H](OC(=O)CCCCCCCCCCC)[C@@H]1OC(=O)CCCCCCCCCCC. The molecule has 1 N–H and O–H groups in total. The molecule has 0 aromatic rings. The van der Waals surface area contributed by atoms with E-state index in [0.717, 1.165) is 77.0 Å². The average molecular weight is 909 g/mol. The first-order valence-electron chi connectivity index (χ1n) is 27.3. The Balaban J connectivity index is 3.03. The van der Waals surface area contributed by atoms with Crippen LogP contribution in [-0.2, 0) is 42.9 Å². The number of carbonyl (C=O) groups excluding carboxylic acids is 4. The van der Waals surface area contributed by atoms with Gasteiger partial charge in [-0.1, -0.05) is 233 Å². The zero-order valence-electron chi connectivity index (χ0n) is 42.0. The van der Waals surface area contributed by atoms with Crippen LogP contribution in [0.3, 0.4) is 0 Å². The molecular formula is C54H100O10. The summed E-state index contributed by atoms with van der Waals surface area (Å²) in [7, 11) is 0. The number of rotatable bonds is 45. The maximum atomic E-state index is 13.5. The van der Waals surface area contributed by atoms with Gasteiger partial charge in [-0.15, -0.1) is 0 Å². The van der Waals surface area contributed by atoms with Crippen molar-refractivity contribution >= 4 is 23.9 Å². The highest BCUT2D eigenvalue weighted by atomic mass is 16.7. The van der Waals surface area contributed by atoms with Crippen molar-refractivity contribution in [1.82, 2.24) is 0 Å². The molecule has 0 saturated carbocycles. The van der Waals surface area contributed by atoms with Crippen LogP contribution in [-0.4, -0.2) is 66.3 Å². The molecule has 1 aliphatic rings. The molecule has 0 bridgehead atoms. The molecule has 0 aromatic carbocycles. The van der Waals surface area contributed by atoms with Crippen LogP contribution >= 0.6 is 0 Å². The summed E-state index contributed by atoms with van der Waals surface area (Å²) in [5, 5.41) is 11.4. The van der Waals surface area contributed by atoms with E-state index >= 15 is 0 Å². The third-order valence-corrected chi connectivity index (χ3v) is 12.8. The third-order valence-electron chi connectivity index (χ3n) is 12.8. The van der Waals surface area contributed by atoms with E-state index in [9.17, 15) is 24.3 Å². The van der Waals surface area contributed by atoms with E-state index in [0.29, 0.717) is 25.7 Å².